The molecule has 9 heteroatoms. The number of ether oxygens (including phenoxy) is 3. The second kappa shape index (κ2) is 7.53. The molecule has 0 saturated heterocycles. The Kier molecular flexibility index (Phi) is 5.67. The molecule has 0 bridgehead atoms. The van der Waals surface area contributed by atoms with Crippen LogP contribution in [0.5, 0.6) is 0 Å². The SMILES string of the molecule is COC(=O)C1=C(C(=O)OC)N(c2c(Cl)cc(C#N)cc2Cl)COC1. The molecule has 126 valence electrons. The molecule has 0 aliphatic carbocycles. The highest BCUT2D eigenvalue weighted by Gasteiger charge is 2.34. The Morgan fingerprint density at radius 2 is 1.79 bits per heavy atom. The van der Waals surface area contributed by atoms with Crippen LogP contribution in [0.2, 0.25) is 10.0 Å². The van der Waals surface area contributed by atoms with Crippen LogP contribution in [0.3, 0.4) is 0 Å². The fourth-order valence-corrected chi connectivity index (χ4v) is 2.90. The van der Waals surface area contributed by atoms with Crippen LogP contribution in [-0.2, 0) is 23.8 Å². The van der Waals surface area contributed by atoms with Crippen molar-refractivity contribution in [2.75, 3.05) is 32.5 Å². The van der Waals surface area contributed by atoms with E-state index in [2.05, 4.69) is 4.74 Å². The fraction of sp³-hybridized carbons (Fsp3) is 0.267. The van der Waals surface area contributed by atoms with Gasteiger partial charge in [-0.1, -0.05) is 23.2 Å². The zero-order chi connectivity index (χ0) is 17.9. The molecule has 24 heavy (non-hydrogen) atoms. The maximum absolute atomic E-state index is 12.2. The molecule has 7 nitrogen and oxygen atoms in total. The van der Waals surface area contributed by atoms with Crippen molar-refractivity contribution < 1.29 is 23.8 Å². The lowest BCUT2D eigenvalue weighted by Gasteiger charge is -2.32. The molecule has 0 unspecified atom stereocenters. The molecule has 1 heterocycles. The van der Waals surface area contributed by atoms with Crippen LogP contribution < -0.4 is 4.90 Å². The Morgan fingerprint density at radius 1 is 1.21 bits per heavy atom. The lowest BCUT2D eigenvalue weighted by atomic mass is 10.1. The lowest BCUT2D eigenvalue weighted by molar-refractivity contribution is -0.140. The number of esters is 2. The van der Waals surface area contributed by atoms with Gasteiger partial charge in [-0.15, -0.1) is 0 Å². The third kappa shape index (κ3) is 3.31. The van der Waals surface area contributed by atoms with E-state index in [1.807, 2.05) is 6.07 Å². The van der Waals surface area contributed by atoms with Gasteiger partial charge < -0.3 is 19.1 Å². The molecular weight excluding hydrogens is 359 g/mol. The first-order valence-electron chi connectivity index (χ1n) is 6.58. The number of nitrogens with zero attached hydrogens (tertiary/aromatic N) is 2. The average Bonchev–Trinajstić information content (AvgIpc) is 2.59. The third-order valence-corrected chi connectivity index (χ3v) is 3.83. The minimum absolute atomic E-state index is 0.0212. The molecule has 0 spiro atoms. The molecule has 1 aliphatic rings. The molecule has 0 saturated carbocycles. The summed E-state index contributed by atoms with van der Waals surface area (Å²) in [4.78, 5) is 25.5. The van der Waals surface area contributed by atoms with Gasteiger partial charge >= 0.3 is 11.9 Å². The maximum atomic E-state index is 12.2. The molecule has 0 atom stereocenters. The summed E-state index contributed by atoms with van der Waals surface area (Å²) < 4.78 is 14.8. The van der Waals surface area contributed by atoms with E-state index in [1.165, 1.54) is 31.3 Å². The summed E-state index contributed by atoms with van der Waals surface area (Å²) in [6.45, 7) is -0.213. The molecule has 0 radical (unpaired) electrons. The van der Waals surface area contributed by atoms with Gasteiger partial charge in [-0.25, -0.2) is 9.59 Å². The van der Waals surface area contributed by atoms with Crippen molar-refractivity contribution in [2.45, 2.75) is 0 Å². The molecule has 0 fully saturated rings. The highest BCUT2D eigenvalue weighted by molar-refractivity contribution is 6.39. The molecule has 0 N–H and O–H groups in total. The van der Waals surface area contributed by atoms with Gasteiger partial charge in [0.05, 0.1) is 53.8 Å². The largest absolute Gasteiger partial charge is 0.466 e. The molecule has 0 amide bonds. The number of rotatable bonds is 3. The molecule has 1 aliphatic heterocycles. The average molecular weight is 371 g/mol. The normalized spacial score (nSPS) is 14.2. The summed E-state index contributed by atoms with van der Waals surface area (Å²) >= 11 is 12.4. The zero-order valence-corrected chi connectivity index (χ0v) is 14.3. The van der Waals surface area contributed by atoms with Gasteiger partial charge in [-0.05, 0) is 12.1 Å². The van der Waals surface area contributed by atoms with Crippen LogP contribution in [0.15, 0.2) is 23.4 Å². The first kappa shape index (κ1) is 18.1. The van der Waals surface area contributed by atoms with E-state index in [1.54, 1.807) is 0 Å². The van der Waals surface area contributed by atoms with Crippen LogP contribution in [0.4, 0.5) is 5.69 Å². The zero-order valence-electron chi connectivity index (χ0n) is 12.8. The van der Waals surface area contributed by atoms with Crippen molar-refractivity contribution in [3.05, 3.63) is 39.0 Å². The van der Waals surface area contributed by atoms with Gasteiger partial charge in [0.25, 0.3) is 0 Å². The monoisotopic (exact) mass is 370 g/mol. The quantitative estimate of drug-likeness (QED) is 0.753. The third-order valence-electron chi connectivity index (χ3n) is 3.25. The molecule has 0 aromatic heterocycles. The van der Waals surface area contributed by atoms with Crippen LogP contribution in [0.1, 0.15) is 5.56 Å². The number of anilines is 1. The van der Waals surface area contributed by atoms with E-state index < -0.39 is 11.9 Å². The van der Waals surface area contributed by atoms with Gasteiger partial charge in [0.15, 0.2) is 0 Å². The van der Waals surface area contributed by atoms with Crippen LogP contribution >= 0.6 is 23.2 Å². The first-order chi connectivity index (χ1) is 11.4. The van der Waals surface area contributed by atoms with Crippen LogP contribution in [0.25, 0.3) is 0 Å². The predicted molar refractivity (Wildman–Crippen MR) is 85.5 cm³/mol. The summed E-state index contributed by atoms with van der Waals surface area (Å²) in [5.74, 6) is -1.50. The molecule has 1 aromatic rings. The Bertz CT molecular complexity index is 747. The highest BCUT2D eigenvalue weighted by atomic mass is 35.5. The van der Waals surface area contributed by atoms with E-state index in [9.17, 15) is 9.59 Å². The summed E-state index contributed by atoms with van der Waals surface area (Å²) in [5, 5.41) is 9.20. The van der Waals surface area contributed by atoms with Crippen molar-refractivity contribution in [3.8, 4) is 6.07 Å². The second-order valence-electron chi connectivity index (χ2n) is 4.62. The number of hydrogen-bond donors (Lipinski definition) is 0. The Morgan fingerprint density at radius 3 is 2.29 bits per heavy atom. The van der Waals surface area contributed by atoms with E-state index >= 15 is 0 Å². The fourth-order valence-electron chi connectivity index (χ4n) is 2.21. The number of carbonyl (C=O) groups excluding carboxylic acids is 2. The number of hydrogen-bond acceptors (Lipinski definition) is 7. The van der Waals surface area contributed by atoms with Crippen molar-refractivity contribution in [1.82, 2.24) is 0 Å². The maximum Gasteiger partial charge on any atom is 0.355 e. The minimum atomic E-state index is -0.768. The van der Waals surface area contributed by atoms with E-state index in [0.29, 0.717) is 0 Å². The first-order valence-corrected chi connectivity index (χ1v) is 7.34. The summed E-state index contributed by atoms with van der Waals surface area (Å²) in [6.07, 6.45) is 0. The Balaban J connectivity index is 2.66. The van der Waals surface area contributed by atoms with E-state index in [4.69, 9.17) is 37.9 Å². The van der Waals surface area contributed by atoms with Crippen molar-refractivity contribution >= 4 is 40.8 Å². The number of methoxy groups -OCH3 is 2. The van der Waals surface area contributed by atoms with Crippen molar-refractivity contribution in [3.63, 3.8) is 0 Å². The van der Waals surface area contributed by atoms with Gasteiger partial charge in [-0.3, -0.25) is 0 Å². The molecule has 1 aromatic carbocycles. The Labute approximate surface area is 147 Å². The smallest absolute Gasteiger partial charge is 0.355 e. The van der Waals surface area contributed by atoms with Gasteiger partial charge in [0.2, 0.25) is 0 Å². The molecule has 2 rings (SSSR count). The highest BCUT2D eigenvalue weighted by Crippen LogP contribution is 2.38. The van der Waals surface area contributed by atoms with E-state index in [0.717, 1.165) is 0 Å². The van der Waals surface area contributed by atoms with E-state index in [-0.39, 0.29) is 45.9 Å². The van der Waals surface area contributed by atoms with Crippen LogP contribution in [0, 0.1) is 11.3 Å². The van der Waals surface area contributed by atoms with Crippen molar-refractivity contribution in [2.24, 2.45) is 0 Å². The number of halogens is 2. The summed E-state index contributed by atoms with van der Waals surface area (Å²) in [7, 11) is 2.37. The minimum Gasteiger partial charge on any atom is -0.466 e. The number of benzene rings is 1. The van der Waals surface area contributed by atoms with Gasteiger partial charge in [0, 0.05) is 0 Å². The standard InChI is InChI=1S/C15H12Cl2N2O5/c1-22-14(20)9-6-24-7-19(12(9)15(21)23-2)13-10(16)3-8(5-18)4-11(13)17/h3-4H,6-7H2,1-2H3. The topological polar surface area (TPSA) is 88.9 Å². The van der Waals surface area contributed by atoms with Gasteiger partial charge in [-0.2, -0.15) is 5.26 Å². The van der Waals surface area contributed by atoms with Crippen LogP contribution in [-0.4, -0.2) is 39.5 Å². The Hall–Kier alpha value is -2.27. The predicted octanol–water partition coefficient (Wildman–Crippen LogP) is 2.26. The number of nitriles is 1. The summed E-state index contributed by atoms with van der Waals surface area (Å²) in [6, 6.07) is 4.71. The summed E-state index contributed by atoms with van der Waals surface area (Å²) in [5.41, 5.74) is 0.374. The molecular formula is C15H12Cl2N2O5. The number of carbonyl (C=O) groups is 2. The van der Waals surface area contributed by atoms with Crippen molar-refractivity contribution in [1.29, 1.82) is 5.26 Å². The van der Waals surface area contributed by atoms with Gasteiger partial charge in [0.1, 0.15) is 12.4 Å². The lowest BCUT2D eigenvalue weighted by Crippen LogP contribution is -2.39. The second-order valence-corrected chi connectivity index (χ2v) is 5.43.